The lowest BCUT2D eigenvalue weighted by Gasteiger charge is -2.09. The number of H-pyrrole nitrogens is 1. The smallest absolute Gasteiger partial charge is 0.276 e. The van der Waals surface area contributed by atoms with Gasteiger partial charge >= 0.3 is 0 Å². The van der Waals surface area contributed by atoms with E-state index in [1.54, 1.807) is 30.3 Å². The molecule has 0 saturated heterocycles. The summed E-state index contributed by atoms with van der Waals surface area (Å²) in [5, 5.41) is 17.6. The molecule has 1 aromatic heterocycles. The first kappa shape index (κ1) is 20.3. The van der Waals surface area contributed by atoms with Gasteiger partial charge in [-0.25, -0.2) is 4.98 Å². The first-order valence-electron chi connectivity index (χ1n) is 8.35. The van der Waals surface area contributed by atoms with Crippen molar-refractivity contribution in [3.8, 4) is 5.75 Å². The molecule has 1 heterocycles. The van der Waals surface area contributed by atoms with Crippen molar-refractivity contribution in [3.05, 3.63) is 69.3 Å². The second kappa shape index (κ2) is 8.73. The number of halogens is 1. The molecule has 0 spiro atoms. The summed E-state index contributed by atoms with van der Waals surface area (Å²) in [7, 11) is 1.45. The summed E-state index contributed by atoms with van der Waals surface area (Å²) in [4.78, 5) is 42.9. The Labute approximate surface area is 179 Å². The number of aromatic hydroxyl groups is 1. The Bertz CT molecular complexity index is 1080. The van der Waals surface area contributed by atoms with E-state index in [4.69, 9.17) is 0 Å². The zero-order valence-corrected chi connectivity index (χ0v) is 17.3. The number of carbonyl (C=O) groups is 3. The molecule has 2 aromatic carbocycles. The lowest BCUT2D eigenvalue weighted by Crippen LogP contribution is -2.23. The van der Waals surface area contributed by atoms with Gasteiger partial charge in [-0.2, -0.15) is 0 Å². The molecular formula is C19H16IN5O4. The number of imidazole rings is 1. The van der Waals surface area contributed by atoms with Crippen LogP contribution in [0.15, 0.2) is 48.8 Å². The summed E-state index contributed by atoms with van der Waals surface area (Å²) in [5.74, 6) is -1.57. The highest BCUT2D eigenvalue weighted by atomic mass is 127. The third-order valence-electron chi connectivity index (χ3n) is 3.91. The zero-order chi connectivity index (χ0) is 21.0. The maximum atomic E-state index is 12.4. The fraction of sp³-hybridized carbons (Fsp3) is 0.0526. The van der Waals surface area contributed by atoms with E-state index < -0.39 is 17.7 Å². The van der Waals surface area contributed by atoms with Crippen LogP contribution in [0.5, 0.6) is 5.75 Å². The van der Waals surface area contributed by atoms with E-state index in [0.717, 1.165) is 3.57 Å². The van der Waals surface area contributed by atoms with Crippen LogP contribution in [0.3, 0.4) is 0 Å². The number of aromatic nitrogens is 2. The van der Waals surface area contributed by atoms with Crippen LogP contribution in [-0.2, 0) is 0 Å². The lowest BCUT2D eigenvalue weighted by atomic mass is 10.2. The van der Waals surface area contributed by atoms with Crippen LogP contribution < -0.4 is 16.0 Å². The van der Waals surface area contributed by atoms with Crippen LogP contribution in [0.1, 0.15) is 31.3 Å². The number of aromatic amines is 1. The number of hydrogen-bond donors (Lipinski definition) is 5. The van der Waals surface area contributed by atoms with Crippen molar-refractivity contribution in [2.24, 2.45) is 0 Å². The average molecular weight is 505 g/mol. The van der Waals surface area contributed by atoms with Gasteiger partial charge in [0, 0.05) is 22.0 Å². The fourth-order valence-electron chi connectivity index (χ4n) is 2.49. The molecule has 3 amide bonds. The number of anilines is 2. The molecule has 0 aliphatic heterocycles. The van der Waals surface area contributed by atoms with Gasteiger partial charge in [-0.3, -0.25) is 14.4 Å². The number of nitrogens with one attached hydrogen (secondary N) is 4. The Balaban J connectivity index is 1.67. The van der Waals surface area contributed by atoms with E-state index >= 15 is 0 Å². The number of amides is 3. The molecule has 0 radical (unpaired) electrons. The molecule has 10 heteroatoms. The number of hydrogen-bond acceptors (Lipinski definition) is 5. The van der Waals surface area contributed by atoms with Crippen molar-refractivity contribution in [1.82, 2.24) is 15.3 Å². The predicted octanol–water partition coefficient (Wildman–Crippen LogP) is 2.58. The Morgan fingerprint density at radius 3 is 2.17 bits per heavy atom. The molecule has 0 aliphatic rings. The predicted molar refractivity (Wildman–Crippen MR) is 115 cm³/mol. The van der Waals surface area contributed by atoms with Gasteiger partial charge in [0.2, 0.25) is 0 Å². The minimum atomic E-state index is -0.551. The van der Waals surface area contributed by atoms with Gasteiger partial charge in [-0.05, 0) is 65.1 Å². The molecule has 0 fully saturated rings. The number of nitrogens with zero attached hydrogens (tertiary/aromatic N) is 1. The zero-order valence-electron chi connectivity index (χ0n) is 15.1. The first-order chi connectivity index (χ1) is 13.9. The lowest BCUT2D eigenvalue weighted by molar-refractivity contribution is 0.0943. The summed E-state index contributed by atoms with van der Waals surface area (Å²) < 4.78 is 0.813. The molecule has 0 atom stereocenters. The monoisotopic (exact) mass is 505 g/mol. The van der Waals surface area contributed by atoms with Gasteiger partial charge in [-0.1, -0.05) is 0 Å². The van der Waals surface area contributed by atoms with Crippen LogP contribution >= 0.6 is 22.6 Å². The molecule has 0 aliphatic carbocycles. The highest BCUT2D eigenvalue weighted by molar-refractivity contribution is 14.1. The summed E-state index contributed by atoms with van der Waals surface area (Å²) in [6, 6.07) is 11.1. The van der Waals surface area contributed by atoms with Crippen molar-refractivity contribution >= 4 is 51.7 Å². The second-order valence-electron chi connectivity index (χ2n) is 5.85. The number of carbonyl (C=O) groups excluding carboxylic acids is 3. The molecular weight excluding hydrogens is 489 g/mol. The van der Waals surface area contributed by atoms with Crippen LogP contribution in [0, 0.1) is 3.57 Å². The van der Waals surface area contributed by atoms with Crippen molar-refractivity contribution < 1.29 is 19.5 Å². The summed E-state index contributed by atoms with van der Waals surface area (Å²) >= 11 is 2.04. The number of phenolic OH excluding ortho intramolecular Hbond substituents is 1. The van der Waals surface area contributed by atoms with Gasteiger partial charge in [0.15, 0.2) is 5.69 Å². The van der Waals surface area contributed by atoms with Crippen LogP contribution in [0.4, 0.5) is 11.4 Å². The molecule has 0 bridgehead atoms. The topological polar surface area (TPSA) is 136 Å². The van der Waals surface area contributed by atoms with Gasteiger partial charge in [0.25, 0.3) is 17.7 Å². The van der Waals surface area contributed by atoms with Crippen molar-refractivity contribution in [2.45, 2.75) is 0 Å². The fourth-order valence-corrected chi connectivity index (χ4v) is 2.96. The molecule has 3 aromatic rings. The normalized spacial score (nSPS) is 10.3. The number of rotatable bonds is 5. The van der Waals surface area contributed by atoms with E-state index in [0.29, 0.717) is 11.4 Å². The minimum Gasteiger partial charge on any atom is -0.507 e. The quantitative estimate of drug-likeness (QED) is 0.340. The summed E-state index contributed by atoms with van der Waals surface area (Å²) in [6.45, 7) is 0. The van der Waals surface area contributed by atoms with E-state index in [9.17, 15) is 19.5 Å². The molecule has 0 saturated carbocycles. The standard InChI is InChI=1S/C19H16IN5O4/c1-21-18(28)15-16(23-9-22-15)19(29)25-12-5-3-11(4-6-12)24-17(27)13-7-2-10(20)8-14(13)26/h2-9,26H,1H3,(H,21,28)(H,22,23)(H,24,27)(H,25,29). The molecule has 148 valence electrons. The Kier molecular flexibility index (Phi) is 6.12. The van der Waals surface area contributed by atoms with Gasteiger partial charge in [0.1, 0.15) is 11.4 Å². The van der Waals surface area contributed by atoms with Gasteiger partial charge < -0.3 is 26.0 Å². The minimum absolute atomic E-state index is 0.0316. The molecule has 9 nitrogen and oxygen atoms in total. The third kappa shape index (κ3) is 4.71. The Morgan fingerprint density at radius 2 is 1.59 bits per heavy atom. The summed E-state index contributed by atoms with van der Waals surface area (Å²) in [6.07, 6.45) is 1.26. The molecule has 5 N–H and O–H groups in total. The average Bonchev–Trinajstić information content (AvgIpc) is 3.19. The van der Waals surface area contributed by atoms with E-state index in [1.165, 1.54) is 25.5 Å². The molecule has 3 rings (SSSR count). The first-order valence-corrected chi connectivity index (χ1v) is 9.43. The molecule has 0 unspecified atom stereocenters. The number of phenols is 1. The van der Waals surface area contributed by atoms with Gasteiger partial charge in [0.05, 0.1) is 11.9 Å². The highest BCUT2D eigenvalue weighted by Gasteiger charge is 2.19. The molecule has 29 heavy (non-hydrogen) atoms. The summed E-state index contributed by atoms with van der Waals surface area (Å²) in [5.41, 5.74) is 1.12. The van der Waals surface area contributed by atoms with Crippen LogP contribution in [-0.4, -0.2) is 39.8 Å². The second-order valence-corrected chi connectivity index (χ2v) is 7.10. The van der Waals surface area contributed by atoms with Crippen LogP contribution in [0.25, 0.3) is 0 Å². The largest absolute Gasteiger partial charge is 0.507 e. The third-order valence-corrected chi connectivity index (χ3v) is 4.58. The maximum Gasteiger partial charge on any atom is 0.276 e. The highest BCUT2D eigenvalue weighted by Crippen LogP contribution is 2.22. The van der Waals surface area contributed by atoms with Crippen molar-refractivity contribution in [2.75, 3.05) is 17.7 Å². The van der Waals surface area contributed by atoms with Gasteiger partial charge in [-0.15, -0.1) is 0 Å². The Morgan fingerprint density at radius 1 is 0.966 bits per heavy atom. The van der Waals surface area contributed by atoms with Crippen LogP contribution in [0.2, 0.25) is 0 Å². The van der Waals surface area contributed by atoms with E-state index in [1.807, 2.05) is 22.6 Å². The number of benzene rings is 2. The van der Waals surface area contributed by atoms with Crippen molar-refractivity contribution in [1.29, 1.82) is 0 Å². The maximum absolute atomic E-state index is 12.4. The SMILES string of the molecule is CNC(=O)c1[nH]cnc1C(=O)Nc1ccc(NC(=O)c2ccc(I)cc2O)cc1. The van der Waals surface area contributed by atoms with Crippen molar-refractivity contribution in [3.63, 3.8) is 0 Å². The Hall–Kier alpha value is -3.41. The van der Waals surface area contributed by atoms with E-state index in [-0.39, 0.29) is 22.7 Å². The van der Waals surface area contributed by atoms with E-state index in [2.05, 4.69) is 25.9 Å².